The molecule has 0 amide bonds. The molecule has 0 bridgehead atoms. The molecule has 0 radical (unpaired) electrons. The number of hydrogen-bond donors (Lipinski definition) is 0. The number of rotatable bonds is 2. The molecule has 0 unspecified atom stereocenters. The lowest BCUT2D eigenvalue weighted by Crippen LogP contribution is -2.03. The first kappa shape index (κ1) is 8.59. The van der Waals surface area contributed by atoms with Gasteiger partial charge in [0.25, 0.3) is 0 Å². The maximum absolute atomic E-state index is 12.9. The molecule has 0 atom stereocenters. The van der Waals surface area contributed by atoms with E-state index in [-0.39, 0.29) is 11.9 Å². The molecule has 2 nitrogen and oxygen atoms in total. The Morgan fingerprint density at radius 2 is 2.27 bits per heavy atom. The van der Waals surface area contributed by atoms with Crippen molar-refractivity contribution in [3.8, 4) is 0 Å². The molecule has 0 aliphatic carbocycles. The standard InChI is InChI=1S/C7H11FN2S/c1-5(2)10-7(11-3)6(8)4-9-10/h4-5H,1-3H3. The summed E-state index contributed by atoms with van der Waals surface area (Å²) in [5, 5.41) is 4.52. The number of halogens is 1. The summed E-state index contributed by atoms with van der Waals surface area (Å²) in [7, 11) is 0. The van der Waals surface area contributed by atoms with Crippen molar-refractivity contribution in [3.63, 3.8) is 0 Å². The van der Waals surface area contributed by atoms with Gasteiger partial charge in [-0.05, 0) is 20.1 Å². The van der Waals surface area contributed by atoms with Gasteiger partial charge in [-0.15, -0.1) is 11.8 Å². The van der Waals surface area contributed by atoms with Crippen molar-refractivity contribution in [2.24, 2.45) is 0 Å². The van der Waals surface area contributed by atoms with Crippen molar-refractivity contribution in [1.29, 1.82) is 0 Å². The molecular weight excluding hydrogens is 163 g/mol. The summed E-state index contributed by atoms with van der Waals surface area (Å²) < 4.78 is 14.5. The van der Waals surface area contributed by atoms with E-state index < -0.39 is 0 Å². The lowest BCUT2D eigenvalue weighted by Gasteiger charge is -2.07. The van der Waals surface area contributed by atoms with Gasteiger partial charge >= 0.3 is 0 Å². The third-order valence-corrected chi connectivity index (χ3v) is 2.16. The van der Waals surface area contributed by atoms with Crippen LogP contribution in [-0.2, 0) is 0 Å². The van der Waals surface area contributed by atoms with Crippen LogP contribution < -0.4 is 0 Å². The smallest absolute Gasteiger partial charge is 0.174 e. The van der Waals surface area contributed by atoms with Gasteiger partial charge in [-0.2, -0.15) is 5.10 Å². The molecule has 1 aromatic rings. The Morgan fingerprint density at radius 1 is 1.64 bits per heavy atom. The number of nitrogens with zero attached hydrogens (tertiary/aromatic N) is 2. The molecule has 0 spiro atoms. The molecule has 4 heteroatoms. The van der Waals surface area contributed by atoms with Crippen molar-refractivity contribution in [2.45, 2.75) is 24.9 Å². The second-order valence-electron chi connectivity index (χ2n) is 2.54. The molecule has 0 aliphatic heterocycles. The summed E-state index contributed by atoms with van der Waals surface area (Å²) in [6.07, 6.45) is 3.10. The van der Waals surface area contributed by atoms with E-state index in [1.165, 1.54) is 18.0 Å². The summed E-state index contributed by atoms with van der Waals surface area (Å²) in [6.45, 7) is 3.96. The molecule has 0 saturated heterocycles. The lowest BCUT2D eigenvalue weighted by molar-refractivity contribution is 0.476. The molecule has 11 heavy (non-hydrogen) atoms. The zero-order valence-corrected chi connectivity index (χ0v) is 7.65. The molecule has 1 aromatic heterocycles. The largest absolute Gasteiger partial charge is 0.253 e. The van der Waals surface area contributed by atoms with E-state index in [0.29, 0.717) is 5.03 Å². The highest BCUT2D eigenvalue weighted by molar-refractivity contribution is 7.98. The van der Waals surface area contributed by atoms with E-state index in [2.05, 4.69) is 5.10 Å². The fourth-order valence-corrected chi connectivity index (χ4v) is 1.58. The molecule has 0 aromatic carbocycles. The van der Waals surface area contributed by atoms with E-state index in [4.69, 9.17) is 0 Å². The minimum Gasteiger partial charge on any atom is -0.253 e. The molecule has 0 fully saturated rings. The van der Waals surface area contributed by atoms with Gasteiger partial charge in [-0.1, -0.05) is 0 Å². The minimum atomic E-state index is -0.230. The van der Waals surface area contributed by atoms with E-state index in [9.17, 15) is 4.39 Å². The van der Waals surface area contributed by atoms with Gasteiger partial charge in [-0.25, -0.2) is 4.39 Å². The third kappa shape index (κ3) is 1.56. The second-order valence-corrected chi connectivity index (χ2v) is 3.34. The first-order valence-electron chi connectivity index (χ1n) is 3.43. The minimum absolute atomic E-state index is 0.224. The van der Waals surface area contributed by atoms with Gasteiger partial charge in [0.2, 0.25) is 0 Å². The molecule has 0 aliphatic rings. The average molecular weight is 174 g/mol. The molecular formula is C7H11FN2S. The van der Waals surface area contributed by atoms with Crippen LogP contribution in [0.15, 0.2) is 11.2 Å². The summed E-state index contributed by atoms with van der Waals surface area (Å²) in [5.41, 5.74) is 0. The molecule has 1 heterocycles. The predicted octanol–water partition coefficient (Wildman–Crippen LogP) is 2.33. The Kier molecular flexibility index (Phi) is 2.54. The van der Waals surface area contributed by atoms with Crippen molar-refractivity contribution in [3.05, 3.63) is 12.0 Å². The monoisotopic (exact) mass is 174 g/mol. The van der Waals surface area contributed by atoms with Crippen LogP contribution in [0.1, 0.15) is 19.9 Å². The average Bonchev–Trinajstić information content (AvgIpc) is 2.30. The van der Waals surface area contributed by atoms with Crippen LogP contribution in [0.2, 0.25) is 0 Å². The SMILES string of the molecule is CSc1c(F)cnn1C(C)C. The highest BCUT2D eigenvalue weighted by atomic mass is 32.2. The molecule has 62 valence electrons. The van der Waals surface area contributed by atoms with E-state index >= 15 is 0 Å². The Hall–Kier alpha value is -0.510. The maximum atomic E-state index is 12.9. The van der Waals surface area contributed by atoms with Crippen LogP contribution >= 0.6 is 11.8 Å². The van der Waals surface area contributed by atoms with Crippen LogP contribution in [0.25, 0.3) is 0 Å². The van der Waals surface area contributed by atoms with Crippen molar-refractivity contribution in [1.82, 2.24) is 9.78 Å². The highest BCUT2D eigenvalue weighted by Crippen LogP contribution is 2.21. The zero-order chi connectivity index (χ0) is 8.43. The normalized spacial score (nSPS) is 11.0. The van der Waals surface area contributed by atoms with E-state index in [0.717, 1.165) is 0 Å². The highest BCUT2D eigenvalue weighted by Gasteiger charge is 2.10. The summed E-state index contributed by atoms with van der Waals surface area (Å²) in [5.74, 6) is -0.230. The molecule has 0 saturated carbocycles. The van der Waals surface area contributed by atoms with Crippen LogP contribution in [0.5, 0.6) is 0 Å². The van der Waals surface area contributed by atoms with Crippen molar-refractivity contribution in [2.75, 3.05) is 6.26 Å². The third-order valence-electron chi connectivity index (χ3n) is 1.39. The molecule has 1 rings (SSSR count). The first-order chi connectivity index (χ1) is 5.16. The first-order valence-corrected chi connectivity index (χ1v) is 4.66. The van der Waals surface area contributed by atoms with Crippen molar-refractivity contribution < 1.29 is 4.39 Å². The second kappa shape index (κ2) is 3.26. The Morgan fingerprint density at radius 3 is 2.64 bits per heavy atom. The number of thioether (sulfide) groups is 1. The van der Waals surface area contributed by atoms with Gasteiger partial charge in [0.15, 0.2) is 5.82 Å². The van der Waals surface area contributed by atoms with E-state index in [1.54, 1.807) is 4.68 Å². The number of aromatic nitrogens is 2. The van der Waals surface area contributed by atoms with Gasteiger partial charge < -0.3 is 0 Å². The summed E-state index contributed by atoms with van der Waals surface area (Å²) in [6, 6.07) is 0.224. The van der Waals surface area contributed by atoms with Gasteiger partial charge in [0, 0.05) is 6.04 Å². The van der Waals surface area contributed by atoms with Crippen LogP contribution in [0, 0.1) is 5.82 Å². The van der Waals surface area contributed by atoms with Crippen LogP contribution in [0.4, 0.5) is 4.39 Å². The Labute approximate surface area is 69.8 Å². The van der Waals surface area contributed by atoms with Crippen molar-refractivity contribution >= 4 is 11.8 Å². The van der Waals surface area contributed by atoms with Crippen LogP contribution in [0.3, 0.4) is 0 Å². The fraction of sp³-hybridized carbons (Fsp3) is 0.571. The number of hydrogen-bond acceptors (Lipinski definition) is 2. The molecule has 0 N–H and O–H groups in total. The summed E-state index contributed by atoms with van der Waals surface area (Å²) >= 11 is 1.38. The topological polar surface area (TPSA) is 17.8 Å². The van der Waals surface area contributed by atoms with Gasteiger partial charge in [-0.3, -0.25) is 4.68 Å². The van der Waals surface area contributed by atoms with E-state index in [1.807, 2.05) is 20.1 Å². The van der Waals surface area contributed by atoms with Crippen LogP contribution in [-0.4, -0.2) is 16.0 Å². The Balaban J connectivity index is 3.05. The summed E-state index contributed by atoms with van der Waals surface area (Å²) in [4.78, 5) is 0. The van der Waals surface area contributed by atoms with Gasteiger partial charge in [0.1, 0.15) is 5.03 Å². The predicted molar refractivity (Wildman–Crippen MR) is 44.4 cm³/mol. The fourth-order valence-electron chi connectivity index (χ4n) is 0.889. The Bertz CT molecular complexity index is 245. The quantitative estimate of drug-likeness (QED) is 0.640. The zero-order valence-electron chi connectivity index (χ0n) is 6.84. The maximum Gasteiger partial charge on any atom is 0.174 e. The lowest BCUT2D eigenvalue weighted by atomic mass is 10.4. The van der Waals surface area contributed by atoms with Gasteiger partial charge in [0.05, 0.1) is 6.20 Å².